The summed E-state index contributed by atoms with van der Waals surface area (Å²) in [6.07, 6.45) is 2.55. The lowest BCUT2D eigenvalue weighted by atomic mass is 10.1. The quantitative estimate of drug-likeness (QED) is 0.360. The van der Waals surface area contributed by atoms with Crippen LogP contribution < -0.4 is 4.90 Å². The van der Waals surface area contributed by atoms with E-state index in [2.05, 4.69) is 0 Å². The van der Waals surface area contributed by atoms with Crippen LogP contribution in [-0.4, -0.2) is 30.0 Å². The number of hydrogen-bond donors (Lipinski definition) is 0. The van der Waals surface area contributed by atoms with Crippen LogP contribution in [0, 0.1) is 10.1 Å². The number of amides is 1. The lowest BCUT2D eigenvalue weighted by Gasteiger charge is -2.13. The Bertz CT molecular complexity index is 858. The van der Waals surface area contributed by atoms with E-state index in [1.165, 1.54) is 23.1 Å². The average molecular weight is 338 g/mol. The summed E-state index contributed by atoms with van der Waals surface area (Å²) in [5, 5.41) is 10.6. The number of ketones is 1. The summed E-state index contributed by atoms with van der Waals surface area (Å²) in [6, 6.07) is 12.6. The number of rotatable bonds is 5. The fourth-order valence-corrected chi connectivity index (χ4v) is 2.43. The van der Waals surface area contributed by atoms with Crippen molar-refractivity contribution in [1.29, 1.82) is 0 Å². The molecule has 126 valence electrons. The monoisotopic (exact) mass is 338 g/mol. The number of non-ortho nitro benzene ring substituents is 1. The second kappa shape index (κ2) is 6.96. The standard InChI is InChI=1S/C18H14N2O5/c21-17(9-6-13-4-7-15(8-5-13)20(23)24)14-2-1-3-16(12-14)19-10-11-25-18(19)22/h1-9,12H,10-11H2. The first kappa shape index (κ1) is 16.4. The predicted octanol–water partition coefficient (Wildman–Crippen LogP) is 3.45. The molecule has 25 heavy (non-hydrogen) atoms. The second-order valence-corrected chi connectivity index (χ2v) is 5.36. The van der Waals surface area contributed by atoms with Gasteiger partial charge in [0.05, 0.1) is 11.5 Å². The zero-order valence-electron chi connectivity index (χ0n) is 13.1. The minimum Gasteiger partial charge on any atom is -0.447 e. The Hall–Kier alpha value is -3.48. The van der Waals surface area contributed by atoms with Crippen molar-refractivity contribution in [3.05, 3.63) is 75.8 Å². The van der Waals surface area contributed by atoms with Crippen molar-refractivity contribution in [2.24, 2.45) is 0 Å². The molecule has 1 saturated heterocycles. The van der Waals surface area contributed by atoms with E-state index < -0.39 is 11.0 Å². The van der Waals surface area contributed by atoms with Gasteiger partial charge in [-0.25, -0.2) is 4.79 Å². The fraction of sp³-hybridized carbons (Fsp3) is 0.111. The van der Waals surface area contributed by atoms with E-state index in [4.69, 9.17) is 4.74 Å². The van der Waals surface area contributed by atoms with Gasteiger partial charge in [0.25, 0.3) is 5.69 Å². The van der Waals surface area contributed by atoms with Crippen LogP contribution in [0.15, 0.2) is 54.6 Å². The van der Waals surface area contributed by atoms with Crippen LogP contribution >= 0.6 is 0 Å². The number of nitrogens with zero attached hydrogens (tertiary/aromatic N) is 2. The number of benzene rings is 2. The minimum absolute atomic E-state index is 0.00585. The van der Waals surface area contributed by atoms with Crippen LogP contribution in [0.25, 0.3) is 6.08 Å². The highest BCUT2D eigenvalue weighted by atomic mass is 16.6. The lowest BCUT2D eigenvalue weighted by Crippen LogP contribution is -2.23. The summed E-state index contributed by atoms with van der Waals surface area (Å²) in [6.45, 7) is 0.784. The Labute approximate surface area is 143 Å². The summed E-state index contributed by atoms with van der Waals surface area (Å²) in [5.41, 5.74) is 1.72. The van der Waals surface area contributed by atoms with Crippen LogP contribution in [0.3, 0.4) is 0 Å². The molecule has 2 aromatic rings. The van der Waals surface area contributed by atoms with E-state index in [-0.39, 0.29) is 11.5 Å². The van der Waals surface area contributed by atoms with Gasteiger partial charge in [-0.2, -0.15) is 0 Å². The molecule has 1 aliphatic rings. The first-order valence-corrected chi connectivity index (χ1v) is 7.56. The Balaban J connectivity index is 1.74. The van der Waals surface area contributed by atoms with Gasteiger partial charge in [0.2, 0.25) is 0 Å². The first-order valence-electron chi connectivity index (χ1n) is 7.56. The van der Waals surface area contributed by atoms with E-state index in [9.17, 15) is 19.7 Å². The molecule has 0 aromatic heterocycles. The molecule has 1 fully saturated rings. The maximum atomic E-state index is 12.3. The molecule has 0 saturated carbocycles. The molecule has 0 unspecified atom stereocenters. The maximum absolute atomic E-state index is 12.3. The van der Waals surface area contributed by atoms with Crippen LogP contribution in [0.1, 0.15) is 15.9 Å². The molecular formula is C18H14N2O5. The van der Waals surface area contributed by atoms with Gasteiger partial charge in [0, 0.05) is 23.4 Å². The zero-order valence-corrected chi connectivity index (χ0v) is 13.1. The lowest BCUT2D eigenvalue weighted by molar-refractivity contribution is -0.384. The molecule has 7 heteroatoms. The molecule has 0 spiro atoms. The highest BCUT2D eigenvalue weighted by Gasteiger charge is 2.23. The maximum Gasteiger partial charge on any atom is 0.414 e. The molecule has 2 aromatic carbocycles. The normalized spacial score (nSPS) is 13.9. The molecule has 0 radical (unpaired) electrons. The highest BCUT2D eigenvalue weighted by molar-refractivity contribution is 6.07. The van der Waals surface area contributed by atoms with Crippen molar-refractivity contribution < 1.29 is 19.2 Å². The van der Waals surface area contributed by atoms with E-state index >= 15 is 0 Å². The summed E-state index contributed by atoms with van der Waals surface area (Å²) >= 11 is 0. The summed E-state index contributed by atoms with van der Waals surface area (Å²) < 4.78 is 4.89. The number of hydrogen-bond acceptors (Lipinski definition) is 5. The van der Waals surface area contributed by atoms with Gasteiger partial charge in [0.1, 0.15) is 6.61 Å². The van der Waals surface area contributed by atoms with Gasteiger partial charge in [-0.15, -0.1) is 0 Å². The second-order valence-electron chi connectivity index (χ2n) is 5.36. The Morgan fingerprint density at radius 3 is 2.60 bits per heavy atom. The largest absolute Gasteiger partial charge is 0.447 e. The van der Waals surface area contributed by atoms with Gasteiger partial charge in [-0.1, -0.05) is 18.2 Å². The van der Waals surface area contributed by atoms with Crippen molar-refractivity contribution in [1.82, 2.24) is 0 Å². The topological polar surface area (TPSA) is 89.8 Å². The summed E-state index contributed by atoms with van der Waals surface area (Å²) in [7, 11) is 0. The third-order valence-electron chi connectivity index (χ3n) is 3.73. The van der Waals surface area contributed by atoms with Gasteiger partial charge in [0.15, 0.2) is 5.78 Å². The molecule has 7 nitrogen and oxygen atoms in total. The molecule has 0 aliphatic carbocycles. The first-order chi connectivity index (χ1) is 12.0. The number of carbonyl (C=O) groups excluding carboxylic acids is 2. The van der Waals surface area contributed by atoms with Crippen molar-refractivity contribution in [3.63, 3.8) is 0 Å². The Morgan fingerprint density at radius 2 is 1.96 bits per heavy atom. The average Bonchev–Trinajstić information content (AvgIpc) is 3.06. The van der Waals surface area contributed by atoms with Gasteiger partial charge in [-0.3, -0.25) is 19.8 Å². The Morgan fingerprint density at radius 1 is 1.20 bits per heavy atom. The molecule has 1 aliphatic heterocycles. The number of ether oxygens (including phenoxy) is 1. The molecule has 1 heterocycles. The highest BCUT2D eigenvalue weighted by Crippen LogP contribution is 2.21. The zero-order chi connectivity index (χ0) is 17.8. The van der Waals surface area contributed by atoms with Crippen molar-refractivity contribution >= 4 is 29.3 Å². The van der Waals surface area contributed by atoms with Crippen LogP contribution in [-0.2, 0) is 4.74 Å². The van der Waals surface area contributed by atoms with Crippen LogP contribution in [0.2, 0.25) is 0 Å². The summed E-state index contributed by atoms with van der Waals surface area (Å²) in [4.78, 5) is 35.5. The van der Waals surface area contributed by atoms with E-state index in [1.54, 1.807) is 42.5 Å². The van der Waals surface area contributed by atoms with E-state index in [0.717, 1.165) is 0 Å². The molecule has 3 rings (SSSR count). The van der Waals surface area contributed by atoms with Crippen LogP contribution in [0.5, 0.6) is 0 Å². The number of nitro groups is 1. The number of anilines is 1. The van der Waals surface area contributed by atoms with Gasteiger partial charge >= 0.3 is 6.09 Å². The third-order valence-corrected chi connectivity index (χ3v) is 3.73. The molecule has 0 N–H and O–H groups in total. The number of cyclic esters (lactones) is 1. The van der Waals surface area contributed by atoms with Gasteiger partial charge < -0.3 is 4.74 Å². The number of nitro benzene ring substituents is 1. The van der Waals surface area contributed by atoms with Crippen molar-refractivity contribution in [3.8, 4) is 0 Å². The van der Waals surface area contributed by atoms with E-state index in [0.29, 0.717) is 30.0 Å². The smallest absolute Gasteiger partial charge is 0.414 e. The number of carbonyl (C=O) groups is 2. The SMILES string of the molecule is O=C(C=Cc1ccc([N+](=O)[O-])cc1)c1cccc(N2CCOC2=O)c1. The molecule has 1 amide bonds. The summed E-state index contributed by atoms with van der Waals surface area (Å²) in [5.74, 6) is -0.229. The third kappa shape index (κ3) is 3.72. The van der Waals surface area contributed by atoms with Crippen molar-refractivity contribution in [2.75, 3.05) is 18.1 Å². The fourth-order valence-electron chi connectivity index (χ4n) is 2.43. The predicted molar refractivity (Wildman–Crippen MR) is 91.6 cm³/mol. The molecular weight excluding hydrogens is 324 g/mol. The molecule has 0 atom stereocenters. The van der Waals surface area contributed by atoms with Gasteiger partial charge in [-0.05, 0) is 35.9 Å². The Kier molecular flexibility index (Phi) is 4.56. The number of allylic oxidation sites excluding steroid dienone is 1. The molecule has 0 bridgehead atoms. The van der Waals surface area contributed by atoms with E-state index in [1.807, 2.05) is 0 Å². The van der Waals surface area contributed by atoms with Crippen molar-refractivity contribution in [2.45, 2.75) is 0 Å². The van der Waals surface area contributed by atoms with Crippen LogP contribution in [0.4, 0.5) is 16.2 Å². The minimum atomic E-state index is -0.479.